The highest BCUT2D eigenvalue weighted by atomic mass is 79.9. The molecule has 1 amide bonds. The van der Waals surface area contributed by atoms with Gasteiger partial charge in [-0.3, -0.25) is 4.79 Å². The molecule has 1 N–H and O–H groups in total. The van der Waals surface area contributed by atoms with Crippen LogP contribution in [0.15, 0.2) is 59.5 Å². The summed E-state index contributed by atoms with van der Waals surface area (Å²) in [6.07, 6.45) is 1.40. The number of carbonyl (C=O) groups excluding carboxylic acids is 1. The summed E-state index contributed by atoms with van der Waals surface area (Å²) >= 11 is 6.50. The number of fused-ring (bicyclic) bond motifs is 1. The molecule has 0 saturated carbocycles. The van der Waals surface area contributed by atoms with Gasteiger partial charge >= 0.3 is 5.91 Å². The molecule has 0 bridgehead atoms. The van der Waals surface area contributed by atoms with Crippen molar-refractivity contribution in [1.82, 2.24) is 5.43 Å². The summed E-state index contributed by atoms with van der Waals surface area (Å²) in [6, 6.07) is 10.8. The largest absolute Gasteiger partial charge is 0.451 e. The summed E-state index contributed by atoms with van der Waals surface area (Å²) < 4.78 is 12.1. The number of hydrazone groups is 1. The summed E-state index contributed by atoms with van der Waals surface area (Å²) in [5.41, 5.74) is 3.04. The zero-order chi connectivity index (χ0) is 14.8. The van der Waals surface area contributed by atoms with Crippen LogP contribution in [0.4, 0.5) is 0 Å². The second-order valence-corrected chi connectivity index (χ2v) is 5.69. The van der Waals surface area contributed by atoms with Crippen LogP contribution < -0.4 is 5.43 Å². The van der Waals surface area contributed by atoms with Gasteiger partial charge in [0.05, 0.1) is 10.7 Å². The fraction of sp³-hybridized carbons (Fsp3) is 0. The third kappa shape index (κ3) is 3.08. The number of rotatable bonds is 3. The van der Waals surface area contributed by atoms with Gasteiger partial charge in [-0.2, -0.15) is 5.10 Å². The van der Waals surface area contributed by atoms with E-state index in [9.17, 15) is 4.79 Å². The fourth-order valence-corrected chi connectivity index (χ4v) is 2.34. The molecule has 1 aromatic carbocycles. The number of carbonyl (C=O) groups is 1. The Morgan fingerprint density at radius 3 is 2.71 bits per heavy atom. The van der Waals surface area contributed by atoms with Gasteiger partial charge in [-0.1, -0.05) is 18.2 Å². The number of amides is 1. The summed E-state index contributed by atoms with van der Waals surface area (Å²) in [7, 11) is 0. The zero-order valence-electron chi connectivity index (χ0n) is 10.5. The van der Waals surface area contributed by atoms with Crippen molar-refractivity contribution in [2.45, 2.75) is 0 Å². The quantitative estimate of drug-likeness (QED) is 0.515. The molecule has 7 heteroatoms. The van der Waals surface area contributed by atoms with Gasteiger partial charge in [0.25, 0.3) is 0 Å². The van der Waals surface area contributed by atoms with Crippen LogP contribution in [-0.4, -0.2) is 12.1 Å². The first-order chi connectivity index (χ1) is 10.1. The standard InChI is InChI=1S/C14H8Br2N2O3/c15-10-6-9(20-13(10)16)7-17-18-14(19)12-5-8-3-1-2-4-11(8)21-12/h1-7H,(H,18,19)/b17-7+. The second-order valence-electron chi connectivity index (χ2n) is 4.12. The lowest BCUT2D eigenvalue weighted by molar-refractivity contribution is 0.0929. The molecular weight excluding hydrogens is 404 g/mol. The number of hydrogen-bond acceptors (Lipinski definition) is 4. The van der Waals surface area contributed by atoms with Crippen molar-refractivity contribution in [3.8, 4) is 0 Å². The maximum Gasteiger partial charge on any atom is 0.307 e. The van der Waals surface area contributed by atoms with Crippen LogP contribution in [0.1, 0.15) is 16.3 Å². The lowest BCUT2D eigenvalue weighted by Gasteiger charge is -1.93. The Kier molecular flexibility index (Phi) is 3.94. The summed E-state index contributed by atoms with van der Waals surface area (Å²) in [6.45, 7) is 0. The Bertz CT molecular complexity index is 783. The molecule has 0 radical (unpaired) electrons. The lowest BCUT2D eigenvalue weighted by atomic mass is 10.2. The number of nitrogens with one attached hydrogen (secondary N) is 1. The number of halogens is 2. The zero-order valence-corrected chi connectivity index (χ0v) is 13.6. The van der Waals surface area contributed by atoms with Crippen molar-refractivity contribution in [2.24, 2.45) is 5.10 Å². The Morgan fingerprint density at radius 1 is 1.19 bits per heavy atom. The SMILES string of the molecule is O=C(N/N=C/c1cc(Br)c(Br)o1)c1cc2ccccc2o1. The van der Waals surface area contributed by atoms with Crippen LogP contribution in [0.25, 0.3) is 11.0 Å². The molecule has 21 heavy (non-hydrogen) atoms. The topological polar surface area (TPSA) is 67.7 Å². The van der Waals surface area contributed by atoms with Crippen molar-refractivity contribution in [2.75, 3.05) is 0 Å². The minimum absolute atomic E-state index is 0.204. The van der Waals surface area contributed by atoms with E-state index in [-0.39, 0.29) is 5.76 Å². The predicted octanol–water partition coefficient (Wildman–Crippen LogP) is 4.31. The number of hydrogen-bond donors (Lipinski definition) is 1. The molecule has 0 atom stereocenters. The monoisotopic (exact) mass is 410 g/mol. The first kappa shape index (κ1) is 14.1. The Morgan fingerprint density at radius 2 is 2.00 bits per heavy atom. The molecule has 2 heterocycles. The predicted molar refractivity (Wildman–Crippen MR) is 85.4 cm³/mol. The molecule has 106 valence electrons. The first-order valence-electron chi connectivity index (χ1n) is 5.90. The highest BCUT2D eigenvalue weighted by Crippen LogP contribution is 2.25. The number of para-hydroxylation sites is 1. The van der Waals surface area contributed by atoms with Crippen molar-refractivity contribution in [3.63, 3.8) is 0 Å². The Balaban J connectivity index is 1.71. The molecule has 0 saturated heterocycles. The molecule has 0 unspecified atom stereocenters. The number of benzene rings is 1. The third-order valence-electron chi connectivity index (χ3n) is 2.67. The Hall–Kier alpha value is -1.86. The van der Waals surface area contributed by atoms with Crippen LogP contribution in [-0.2, 0) is 0 Å². The van der Waals surface area contributed by atoms with Crippen molar-refractivity contribution in [1.29, 1.82) is 0 Å². The number of furan rings is 2. The van der Waals surface area contributed by atoms with E-state index in [1.54, 1.807) is 18.2 Å². The number of nitrogens with zero attached hydrogens (tertiary/aromatic N) is 1. The van der Waals surface area contributed by atoms with Crippen molar-refractivity contribution < 1.29 is 13.6 Å². The van der Waals surface area contributed by atoms with Crippen molar-refractivity contribution >= 4 is 55.0 Å². The molecule has 0 spiro atoms. The smallest absolute Gasteiger partial charge is 0.307 e. The van der Waals surface area contributed by atoms with E-state index in [4.69, 9.17) is 8.83 Å². The van der Waals surface area contributed by atoms with E-state index in [1.165, 1.54) is 6.21 Å². The highest BCUT2D eigenvalue weighted by molar-refractivity contribution is 9.13. The maximum absolute atomic E-state index is 11.9. The van der Waals surface area contributed by atoms with Crippen LogP contribution in [0.3, 0.4) is 0 Å². The molecule has 0 aliphatic carbocycles. The molecule has 0 fully saturated rings. The van der Waals surface area contributed by atoms with E-state index < -0.39 is 5.91 Å². The summed E-state index contributed by atoms with van der Waals surface area (Å²) in [4.78, 5) is 11.9. The van der Waals surface area contributed by atoms with Gasteiger partial charge in [0, 0.05) is 11.5 Å². The Labute approximate surface area is 136 Å². The van der Waals surface area contributed by atoms with Gasteiger partial charge in [0.15, 0.2) is 10.4 Å². The maximum atomic E-state index is 11.9. The minimum Gasteiger partial charge on any atom is -0.451 e. The lowest BCUT2D eigenvalue weighted by Crippen LogP contribution is -2.16. The third-order valence-corrected chi connectivity index (χ3v) is 4.38. The van der Waals surface area contributed by atoms with Gasteiger partial charge in [-0.25, -0.2) is 5.43 Å². The van der Waals surface area contributed by atoms with Gasteiger partial charge < -0.3 is 8.83 Å². The molecule has 3 rings (SSSR count). The van der Waals surface area contributed by atoms with Crippen LogP contribution in [0, 0.1) is 0 Å². The van der Waals surface area contributed by atoms with Gasteiger partial charge in [0.2, 0.25) is 0 Å². The van der Waals surface area contributed by atoms with E-state index >= 15 is 0 Å². The summed E-state index contributed by atoms with van der Waals surface area (Å²) in [5.74, 6) is 0.279. The minimum atomic E-state index is -0.424. The van der Waals surface area contributed by atoms with Crippen LogP contribution in [0.2, 0.25) is 0 Å². The normalized spacial score (nSPS) is 11.3. The average molecular weight is 412 g/mol. The van der Waals surface area contributed by atoms with E-state index in [0.717, 1.165) is 9.86 Å². The van der Waals surface area contributed by atoms with Crippen LogP contribution >= 0.6 is 31.9 Å². The van der Waals surface area contributed by atoms with E-state index in [2.05, 4.69) is 42.4 Å². The second kappa shape index (κ2) is 5.87. The van der Waals surface area contributed by atoms with E-state index in [0.29, 0.717) is 16.0 Å². The molecule has 0 aliphatic heterocycles. The molecular formula is C14H8Br2N2O3. The summed E-state index contributed by atoms with van der Waals surface area (Å²) in [5, 5.41) is 4.69. The molecule has 2 aromatic heterocycles. The van der Waals surface area contributed by atoms with Crippen molar-refractivity contribution in [3.05, 3.63) is 57.1 Å². The highest BCUT2D eigenvalue weighted by Gasteiger charge is 2.11. The van der Waals surface area contributed by atoms with Gasteiger partial charge in [-0.05, 0) is 44.0 Å². The van der Waals surface area contributed by atoms with Gasteiger partial charge in [-0.15, -0.1) is 0 Å². The fourth-order valence-electron chi connectivity index (χ4n) is 1.73. The molecule has 0 aliphatic rings. The van der Waals surface area contributed by atoms with E-state index in [1.807, 2.05) is 18.2 Å². The van der Waals surface area contributed by atoms with Gasteiger partial charge in [0.1, 0.15) is 11.3 Å². The molecule has 3 aromatic rings. The molecule has 5 nitrogen and oxygen atoms in total. The average Bonchev–Trinajstić information content (AvgIpc) is 3.03. The first-order valence-corrected chi connectivity index (χ1v) is 7.49. The van der Waals surface area contributed by atoms with Crippen LogP contribution in [0.5, 0.6) is 0 Å².